The Balaban J connectivity index is 0.00000176. The van der Waals surface area contributed by atoms with Gasteiger partial charge in [-0.25, -0.2) is 4.98 Å². The second-order valence-corrected chi connectivity index (χ2v) is 6.72. The normalized spacial score (nSPS) is 16.5. The van der Waals surface area contributed by atoms with Gasteiger partial charge >= 0.3 is 0 Å². The van der Waals surface area contributed by atoms with Crippen LogP contribution in [0.15, 0.2) is 30.3 Å². The van der Waals surface area contributed by atoms with E-state index < -0.39 is 5.54 Å². The Labute approximate surface area is 140 Å². The van der Waals surface area contributed by atoms with Crippen LogP contribution >= 0.6 is 23.7 Å². The van der Waals surface area contributed by atoms with E-state index in [1.165, 1.54) is 0 Å². The maximum absolute atomic E-state index is 12.0. The lowest BCUT2D eigenvalue weighted by molar-refractivity contribution is -0.123. The second-order valence-electron chi connectivity index (χ2n) is 5.69. The zero-order valence-electron chi connectivity index (χ0n) is 12.6. The molecule has 0 bridgehead atoms. The van der Waals surface area contributed by atoms with Crippen LogP contribution in [0.25, 0.3) is 10.6 Å². The van der Waals surface area contributed by atoms with Crippen molar-refractivity contribution in [3.05, 3.63) is 40.9 Å². The third kappa shape index (κ3) is 3.32. The minimum absolute atomic E-state index is 0. The predicted octanol–water partition coefficient (Wildman–Crippen LogP) is 3.21. The maximum Gasteiger partial charge on any atom is 0.240 e. The Morgan fingerprint density at radius 1 is 1.36 bits per heavy atom. The number of rotatable bonds is 4. The number of halogens is 1. The van der Waals surface area contributed by atoms with Gasteiger partial charge in [-0.05, 0) is 26.7 Å². The van der Waals surface area contributed by atoms with Crippen LogP contribution in [0.1, 0.15) is 36.4 Å². The van der Waals surface area contributed by atoms with E-state index in [1.54, 1.807) is 11.3 Å². The van der Waals surface area contributed by atoms with E-state index in [0.29, 0.717) is 0 Å². The van der Waals surface area contributed by atoms with Crippen molar-refractivity contribution in [1.82, 2.24) is 10.3 Å². The number of carbonyl (C=O) groups is 1. The molecule has 3 N–H and O–H groups in total. The number of amides is 1. The van der Waals surface area contributed by atoms with Crippen molar-refractivity contribution in [3.63, 3.8) is 0 Å². The molecule has 6 heteroatoms. The lowest BCUT2D eigenvalue weighted by atomic mass is 10.2. The third-order valence-corrected chi connectivity index (χ3v) is 5.22. The molecule has 1 heterocycles. The number of aromatic nitrogens is 1. The van der Waals surface area contributed by atoms with E-state index in [-0.39, 0.29) is 24.4 Å². The summed E-state index contributed by atoms with van der Waals surface area (Å²) in [6.45, 7) is 3.97. The van der Waals surface area contributed by atoms with Crippen molar-refractivity contribution in [2.24, 2.45) is 5.73 Å². The average Bonchev–Trinajstić information content (AvgIpc) is 3.11. The van der Waals surface area contributed by atoms with Crippen LogP contribution in [-0.2, 0) is 4.79 Å². The molecule has 4 nitrogen and oxygen atoms in total. The van der Waals surface area contributed by atoms with E-state index >= 15 is 0 Å². The summed E-state index contributed by atoms with van der Waals surface area (Å²) < 4.78 is 0. The number of nitrogens with zero attached hydrogens (tertiary/aromatic N) is 1. The summed E-state index contributed by atoms with van der Waals surface area (Å²) in [5, 5.41) is 4.00. The first kappa shape index (κ1) is 16.9. The molecule has 2 aromatic rings. The van der Waals surface area contributed by atoms with Gasteiger partial charge in [0, 0.05) is 5.56 Å². The van der Waals surface area contributed by atoms with Gasteiger partial charge in [0.1, 0.15) is 5.01 Å². The molecule has 1 aromatic heterocycles. The van der Waals surface area contributed by atoms with E-state index in [4.69, 9.17) is 5.73 Å². The van der Waals surface area contributed by atoms with Gasteiger partial charge in [-0.15, -0.1) is 23.7 Å². The zero-order valence-corrected chi connectivity index (χ0v) is 14.3. The van der Waals surface area contributed by atoms with Gasteiger partial charge in [-0.1, -0.05) is 30.3 Å². The van der Waals surface area contributed by atoms with E-state index in [2.05, 4.69) is 10.3 Å². The molecule has 1 atom stereocenters. The van der Waals surface area contributed by atoms with Crippen molar-refractivity contribution in [3.8, 4) is 10.6 Å². The Morgan fingerprint density at radius 2 is 2.00 bits per heavy atom. The fraction of sp³-hybridized carbons (Fsp3) is 0.375. The lowest BCUT2D eigenvalue weighted by Gasteiger charge is -2.16. The summed E-state index contributed by atoms with van der Waals surface area (Å²) in [5.41, 5.74) is 7.37. The Bertz CT molecular complexity index is 667. The van der Waals surface area contributed by atoms with Crippen molar-refractivity contribution >= 4 is 29.7 Å². The standard InChI is InChI=1S/C16H19N3OS.ClH/c1-10-13(11(2)19-15(20)16(17)8-9-16)21-14(18-10)12-6-4-3-5-7-12;/h3-7,11H,8-9,17H2,1-2H3,(H,19,20);1H. The summed E-state index contributed by atoms with van der Waals surface area (Å²) in [4.78, 5) is 17.8. The minimum atomic E-state index is -0.630. The monoisotopic (exact) mass is 337 g/mol. The highest BCUT2D eigenvalue weighted by Crippen LogP contribution is 2.35. The first-order chi connectivity index (χ1) is 9.99. The molecule has 22 heavy (non-hydrogen) atoms. The summed E-state index contributed by atoms with van der Waals surface area (Å²) in [6.07, 6.45) is 1.56. The van der Waals surface area contributed by atoms with Crippen molar-refractivity contribution < 1.29 is 4.79 Å². The molecule has 1 fully saturated rings. The Hall–Kier alpha value is -1.43. The van der Waals surface area contributed by atoms with Crippen LogP contribution in [0.3, 0.4) is 0 Å². The zero-order chi connectivity index (χ0) is 15.0. The molecule has 1 aliphatic carbocycles. The quantitative estimate of drug-likeness (QED) is 0.900. The van der Waals surface area contributed by atoms with Gasteiger partial charge in [0.2, 0.25) is 5.91 Å². The van der Waals surface area contributed by atoms with Crippen molar-refractivity contribution in [1.29, 1.82) is 0 Å². The number of hydrogen-bond acceptors (Lipinski definition) is 4. The van der Waals surface area contributed by atoms with Gasteiger partial charge in [0.25, 0.3) is 0 Å². The van der Waals surface area contributed by atoms with Crippen LogP contribution in [0.5, 0.6) is 0 Å². The fourth-order valence-corrected chi connectivity index (χ4v) is 3.36. The highest BCUT2D eigenvalue weighted by Gasteiger charge is 2.46. The van der Waals surface area contributed by atoms with Gasteiger partial charge < -0.3 is 11.1 Å². The van der Waals surface area contributed by atoms with Crippen LogP contribution in [0.4, 0.5) is 0 Å². The lowest BCUT2D eigenvalue weighted by Crippen LogP contribution is -2.43. The first-order valence-corrected chi connectivity index (χ1v) is 7.94. The molecule has 1 aromatic carbocycles. The minimum Gasteiger partial charge on any atom is -0.347 e. The molecule has 1 saturated carbocycles. The molecule has 1 amide bonds. The number of hydrogen-bond donors (Lipinski definition) is 2. The topological polar surface area (TPSA) is 68.0 Å². The SMILES string of the molecule is Cc1nc(-c2ccccc2)sc1C(C)NC(=O)C1(N)CC1.Cl. The Morgan fingerprint density at radius 3 is 2.59 bits per heavy atom. The smallest absolute Gasteiger partial charge is 0.240 e. The van der Waals surface area contributed by atoms with E-state index in [0.717, 1.165) is 34.0 Å². The third-order valence-electron chi connectivity index (χ3n) is 3.83. The summed E-state index contributed by atoms with van der Waals surface area (Å²) in [7, 11) is 0. The van der Waals surface area contributed by atoms with Crippen LogP contribution in [0, 0.1) is 6.92 Å². The first-order valence-electron chi connectivity index (χ1n) is 7.12. The molecule has 1 unspecified atom stereocenters. The Kier molecular flexibility index (Phi) is 4.90. The number of benzene rings is 1. The summed E-state index contributed by atoms with van der Waals surface area (Å²) >= 11 is 1.63. The average molecular weight is 338 g/mol. The van der Waals surface area contributed by atoms with Crippen molar-refractivity contribution in [2.45, 2.75) is 38.3 Å². The molecule has 0 spiro atoms. The predicted molar refractivity (Wildman–Crippen MR) is 92.2 cm³/mol. The molecule has 118 valence electrons. The fourth-order valence-electron chi connectivity index (χ4n) is 2.28. The molecule has 0 radical (unpaired) electrons. The largest absolute Gasteiger partial charge is 0.347 e. The highest BCUT2D eigenvalue weighted by molar-refractivity contribution is 7.15. The number of nitrogens with two attached hydrogens (primary N) is 1. The molecular formula is C16H20ClN3OS. The van der Waals surface area contributed by atoms with Gasteiger partial charge in [0.15, 0.2) is 0 Å². The maximum atomic E-state index is 12.0. The summed E-state index contributed by atoms with van der Waals surface area (Å²) in [5.74, 6) is -0.0518. The molecular weight excluding hydrogens is 318 g/mol. The number of aryl methyl sites for hydroxylation is 1. The van der Waals surface area contributed by atoms with Crippen LogP contribution < -0.4 is 11.1 Å². The van der Waals surface area contributed by atoms with E-state index in [9.17, 15) is 4.79 Å². The second kappa shape index (κ2) is 6.36. The van der Waals surface area contributed by atoms with Gasteiger partial charge in [-0.2, -0.15) is 0 Å². The molecule has 0 saturated heterocycles. The number of carbonyl (C=O) groups excluding carboxylic acids is 1. The highest BCUT2D eigenvalue weighted by atomic mass is 35.5. The molecule has 3 rings (SSSR count). The van der Waals surface area contributed by atoms with E-state index in [1.807, 2.05) is 44.2 Å². The molecule has 0 aliphatic heterocycles. The van der Waals surface area contributed by atoms with Crippen LogP contribution in [-0.4, -0.2) is 16.4 Å². The number of thiazole rings is 1. The van der Waals surface area contributed by atoms with Gasteiger partial charge in [0.05, 0.1) is 22.2 Å². The molecule has 1 aliphatic rings. The van der Waals surface area contributed by atoms with Crippen molar-refractivity contribution in [2.75, 3.05) is 0 Å². The van der Waals surface area contributed by atoms with Gasteiger partial charge in [-0.3, -0.25) is 4.79 Å². The van der Waals surface area contributed by atoms with Crippen LogP contribution in [0.2, 0.25) is 0 Å². The number of nitrogens with one attached hydrogen (secondary N) is 1. The summed E-state index contributed by atoms with van der Waals surface area (Å²) in [6, 6.07) is 10.0.